The van der Waals surface area contributed by atoms with Gasteiger partial charge in [-0.15, -0.1) is 0 Å². The summed E-state index contributed by atoms with van der Waals surface area (Å²) in [6, 6.07) is 11.8. The number of pyridine rings is 1. The molecule has 1 N–H and O–H groups in total. The minimum atomic E-state index is -0.327. The van der Waals surface area contributed by atoms with Crippen molar-refractivity contribution in [2.45, 2.75) is 25.4 Å². The Balaban J connectivity index is 1.56. The van der Waals surface area contributed by atoms with E-state index in [-0.39, 0.29) is 17.8 Å². The van der Waals surface area contributed by atoms with Gasteiger partial charge in [-0.1, -0.05) is 30.3 Å². The fraction of sp³-hybridized carbons (Fsp3) is 0.389. The van der Waals surface area contributed by atoms with Gasteiger partial charge in [-0.2, -0.15) is 0 Å². The molecule has 1 aromatic carbocycles. The van der Waals surface area contributed by atoms with Crippen molar-refractivity contribution in [3.8, 4) is 0 Å². The molecule has 2 heterocycles. The van der Waals surface area contributed by atoms with E-state index in [1.54, 1.807) is 12.3 Å². The number of rotatable bonds is 4. The molecule has 0 amide bonds. The van der Waals surface area contributed by atoms with E-state index in [4.69, 9.17) is 0 Å². The quantitative estimate of drug-likeness (QED) is 0.943. The molecular formula is C18H21FN2O. The van der Waals surface area contributed by atoms with Crippen LogP contribution < -0.4 is 4.90 Å². The average molecular weight is 300 g/mol. The summed E-state index contributed by atoms with van der Waals surface area (Å²) < 4.78 is 13.8. The molecule has 1 fully saturated rings. The van der Waals surface area contributed by atoms with Crippen molar-refractivity contribution in [2.75, 3.05) is 18.0 Å². The first-order valence-electron chi connectivity index (χ1n) is 7.80. The normalized spacial score (nSPS) is 17.5. The van der Waals surface area contributed by atoms with Crippen LogP contribution in [0.5, 0.6) is 0 Å². The zero-order valence-electron chi connectivity index (χ0n) is 12.5. The Kier molecular flexibility index (Phi) is 4.68. The number of nitrogens with zero attached hydrogens (tertiary/aromatic N) is 2. The fourth-order valence-corrected chi connectivity index (χ4v) is 3.17. The SMILES string of the molecule is O[C@@H](Cc1ccccc1)C1CCN(c2ccncc2F)CC1. The minimum absolute atomic E-state index is 0.272. The van der Waals surface area contributed by atoms with E-state index in [0.717, 1.165) is 31.5 Å². The second kappa shape index (κ2) is 6.88. The summed E-state index contributed by atoms with van der Waals surface area (Å²) in [5, 5.41) is 10.4. The molecule has 2 aromatic rings. The number of benzene rings is 1. The third-order valence-electron chi connectivity index (χ3n) is 4.46. The van der Waals surface area contributed by atoms with Gasteiger partial charge in [-0.25, -0.2) is 4.39 Å². The highest BCUT2D eigenvalue weighted by Crippen LogP contribution is 2.27. The second-order valence-electron chi connectivity index (χ2n) is 5.91. The van der Waals surface area contributed by atoms with Crippen molar-refractivity contribution in [3.05, 3.63) is 60.2 Å². The van der Waals surface area contributed by atoms with Crippen LogP contribution in [0.3, 0.4) is 0 Å². The van der Waals surface area contributed by atoms with Crippen LogP contribution in [-0.2, 0) is 6.42 Å². The summed E-state index contributed by atoms with van der Waals surface area (Å²) >= 11 is 0. The molecule has 0 saturated carbocycles. The Hall–Kier alpha value is -1.94. The largest absolute Gasteiger partial charge is 0.392 e. The average Bonchev–Trinajstić information content (AvgIpc) is 2.56. The van der Waals surface area contributed by atoms with E-state index in [9.17, 15) is 9.50 Å². The summed E-state index contributed by atoms with van der Waals surface area (Å²) in [4.78, 5) is 5.83. The summed E-state index contributed by atoms with van der Waals surface area (Å²) in [5.74, 6) is 0.00661. The topological polar surface area (TPSA) is 36.4 Å². The monoisotopic (exact) mass is 300 g/mol. The van der Waals surface area contributed by atoms with Crippen molar-refractivity contribution in [2.24, 2.45) is 5.92 Å². The van der Waals surface area contributed by atoms with Crippen LogP contribution in [0.25, 0.3) is 0 Å². The zero-order chi connectivity index (χ0) is 15.4. The van der Waals surface area contributed by atoms with Crippen LogP contribution in [0.2, 0.25) is 0 Å². The molecule has 0 unspecified atom stereocenters. The Morgan fingerprint density at radius 2 is 1.91 bits per heavy atom. The first-order chi connectivity index (χ1) is 10.7. The van der Waals surface area contributed by atoms with E-state index < -0.39 is 0 Å². The Bertz CT molecular complexity index is 597. The lowest BCUT2D eigenvalue weighted by Crippen LogP contribution is -2.38. The van der Waals surface area contributed by atoms with Crippen LogP contribution >= 0.6 is 0 Å². The molecule has 0 radical (unpaired) electrons. The molecule has 1 atom stereocenters. The van der Waals surface area contributed by atoms with Crippen molar-refractivity contribution in [1.29, 1.82) is 0 Å². The van der Waals surface area contributed by atoms with Gasteiger partial charge in [0.15, 0.2) is 5.82 Å². The van der Waals surface area contributed by atoms with E-state index in [2.05, 4.69) is 4.98 Å². The molecule has 22 heavy (non-hydrogen) atoms. The smallest absolute Gasteiger partial charge is 0.164 e. The lowest BCUT2D eigenvalue weighted by Gasteiger charge is -2.35. The summed E-state index contributed by atoms with van der Waals surface area (Å²) in [5.41, 5.74) is 1.78. The third kappa shape index (κ3) is 3.45. The molecule has 3 nitrogen and oxygen atoms in total. The maximum Gasteiger partial charge on any atom is 0.164 e. The number of aromatic nitrogens is 1. The number of piperidine rings is 1. The standard InChI is InChI=1S/C18H21FN2O/c19-16-13-20-9-6-17(16)21-10-7-15(8-11-21)18(22)12-14-4-2-1-3-5-14/h1-6,9,13,15,18,22H,7-8,10-12H2/t18-/m0/s1. The van der Waals surface area contributed by atoms with Crippen LogP contribution in [-0.4, -0.2) is 29.3 Å². The van der Waals surface area contributed by atoms with Gasteiger partial charge < -0.3 is 10.0 Å². The Morgan fingerprint density at radius 3 is 2.59 bits per heavy atom. The van der Waals surface area contributed by atoms with Crippen molar-refractivity contribution < 1.29 is 9.50 Å². The molecule has 3 rings (SSSR count). The number of halogens is 1. The van der Waals surface area contributed by atoms with Crippen LogP contribution in [0.1, 0.15) is 18.4 Å². The van der Waals surface area contributed by atoms with Crippen LogP contribution in [0, 0.1) is 11.7 Å². The number of hydrogen-bond acceptors (Lipinski definition) is 3. The maximum atomic E-state index is 13.8. The Labute approximate surface area is 130 Å². The summed E-state index contributed by atoms with van der Waals surface area (Å²) in [6.07, 6.45) is 5.01. The number of hydrogen-bond donors (Lipinski definition) is 1. The molecule has 1 aromatic heterocycles. The van der Waals surface area contributed by atoms with Crippen molar-refractivity contribution in [3.63, 3.8) is 0 Å². The summed E-state index contributed by atoms with van der Waals surface area (Å²) in [7, 11) is 0. The molecule has 0 aliphatic carbocycles. The summed E-state index contributed by atoms with van der Waals surface area (Å²) in [6.45, 7) is 1.55. The fourth-order valence-electron chi connectivity index (χ4n) is 3.17. The number of aliphatic hydroxyl groups excluding tert-OH is 1. The van der Waals surface area contributed by atoms with Crippen molar-refractivity contribution >= 4 is 5.69 Å². The molecule has 0 bridgehead atoms. The molecule has 1 aliphatic heterocycles. The second-order valence-corrected chi connectivity index (χ2v) is 5.91. The van der Waals surface area contributed by atoms with Gasteiger partial charge in [0.2, 0.25) is 0 Å². The van der Waals surface area contributed by atoms with Gasteiger partial charge >= 0.3 is 0 Å². The first-order valence-corrected chi connectivity index (χ1v) is 7.80. The van der Waals surface area contributed by atoms with Crippen molar-refractivity contribution in [1.82, 2.24) is 4.98 Å². The molecule has 116 valence electrons. The molecule has 4 heteroatoms. The van der Waals surface area contributed by atoms with Gasteiger partial charge in [0, 0.05) is 19.3 Å². The predicted octanol–water partition coefficient (Wildman–Crippen LogP) is 3.04. The number of aliphatic hydroxyl groups is 1. The third-order valence-corrected chi connectivity index (χ3v) is 4.46. The highest BCUT2D eigenvalue weighted by Gasteiger charge is 2.26. The first kappa shape index (κ1) is 15.0. The molecule has 1 aliphatic rings. The molecule has 0 spiro atoms. The van der Waals surface area contributed by atoms with Crippen LogP contribution in [0.4, 0.5) is 10.1 Å². The highest BCUT2D eigenvalue weighted by molar-refractivity contribution is 5.46. The van der Waals surface area contributed by atoms with Gasteiger partial charge in [0.05, 0.1) is 18.0 Å². The van der Waals surface area contributed by atoms with Gasteiger partial charge in [-0.05, 0) is 36.8 Å². The lowest BCUT2D eigenvalue weighted by atomic mass is 9.88. The van der Waals surface area contributed by atoms with Gasteiger partial charge in [0.25, 0.3) is 0 Å². The minimum Gasteiger partial charge on any atom is -0.392 e. The van der Waals surface area contributed by atoms with Crippen LogP contribution in [0.15, 0.2) is 48.8 Å². The maximum absolute atomic E-state index is 13.8. The van der Waals surface area contributed by atoms with E-state index >= 15 is 0 Å². The predicted molar refractivity (Wildman–Crippen MR) is 85.3 cm³/mol. The van der Waals surface area contributed by atoms with Gasteiger partial charge in [-0.3, -0.25) is 4.98 Å². The van der Waals surface area contributed by atoms with E-state index in [1.807, 2.05) is 35.2 Å². The molecular weight excluding hydrogens is 279 g/mol. The Morgan fingerprint density at radius 1 is 1.18 bits per heavy atom. The highest BCUT2D eigenvalue weighted by atomic mass is 19.1. The van der Waals surface area contributed by atoms with E-state index in [0.29, 0.717) is 12.1 Å². The van der Waals surface area contributed by atoms with Gasteiger partial charge in [0.1, 0.15) is 0 Å². The molecule has 1 saturated heterocycles. The van der Waals surface area contributed by atoms with E-state index in [1.165, 1.54) is 6.20 Å². The number of anilines is 1. The zero-order valence-corrected chi connectivity index (χ0v) is 12.5. The lowest BCUT2D eigenvalue weighted by molar-refractivity contribution is 0.0929.